The molecule has 0 spiro atoms. The minimum atomic E-state index is -5.13. The number of hydrogen-bond donors (Lipinski definition) is 6. The summed E-state index contributed by atoms with van der Waals surface area (Å²) >= 11 is 0. The van der Waals surface area contributed by atoms with Crippen molar-refractivity contribution in [3.05, 3.63) is 48.6 Å². The van der Waals surface area contributed by atoms with E-state index in [9.17, 15) is 44.6 Å². The van der Waals surface area contributed by atoms with Gasteiger partial charge >= 0.3 is 19.8 Å². The minimum Gasteiger partial charge on any atom is -0.462 e. The van der Waals surface area contributed by atoms with Crippen molar-refractivity contribution in [2.45, 2.75) is 217 Å². The number of phosphoric ester groups is 1. The molecule has 1 aliphatic carbocycles. The van der Waals surface area contributed by atoms with Crippen LogP contribution >= 0.6 is 7.82 Å². The van der Waals surface area contributed by atoms with Crippen molar-refractivity contribution >= 4 is 19.8 Å². The first-order valence-corrected chi connectivity index (χ1v) is 24.5. The number of allylic oxidation sites excluding steroid dienone is 8. The third-order valence-electron chi connectivity index (χ3n) is 10.5. The summed E-state index contributed by atoms with van der Waals surface area (Å²) in [6, 6.07) is 0. The van der Waals surface area contributed by atoms with E-state index in [1.54, 1.807) is 0 Å². The maximum absolute atomic E-state index is 12.8. The molecule has 348 valence electrons. The van der Waals surface area contributed by atoms with E-state index >= 15 is 0 Å². The zero-order chi connectivity index (χ0) is 44.3. The van der Waals surface area contributed by atoms with Gasteiger partial charge in [0.05, 0.1) is 6.61 Å². The number of aliphatic hydroxyl groups excluding tert-OH is 5. The molecule has 0 aliphatic heterocycles. The second-order valence-electron chi connectivity index (χ2n) is 16.0. The summed E-state index contributed by atoms with van der Waals surface area (Å²) in [6.45, 7) is 3.13. The van der Waals surface area contributed by atoms with Gasteiger partial charge < -0.3 is 39.9 Å². The van der Waals surface area contributed by atoms with Gasteiger partial charge in [0.2, 0.25) is 0 Å². The van der Waals surface area contributed by atoms with Gasteiger partial charge in [-0.15, -0.1) is 0 Å². The largest absolute Gasteiger partial charge is 0.472 e. The van der Waals surface area contributed by atoms with Crippen molar-refractivity contribution in [1.82, 2.24) is 0 Å². The molecule has 8 atom stereocenters. The van der Waals surface area contributed by atoms with E-state index in [0.717, 1.165) is 44.9 Å². The number of carbonyl (C=O) groups excluding carboxylic acids is 2. The van der Waals surface area contributed by atoms with Gasteiger partial charge in [0.1, 0.15) is 43.2 Å². The first-order chi connectivity index (χ1) is 28.9. The van der Waals surface area contributed by atoms with E-state index in [1.165, 1.54) is 89.9 Å². The highest BCUT2D eigenvalue weighted by molar-refractivity contribution is 7.47. The van der Waals surface area contributed by atoms with E-state index in [0.29, 0.717) is 12.8 Å². The first kappa shape index (κ1) is 55.8. The molecule has 0 aromatic rings. The lowest BCUT2D eigenvalue weighted by atomic mass is 9.85. The number of ether oxygens (including phenoxy) is 2. The summed E-state index contributed by atoms with van der Waals surface area (Å²) in [6.07, 6.45) is 28.9. The fraction of sp³-hybridized carbons (Fsp3) is 0.783. The van der Waals surface area contributed by atoms with Crippen LogP contribution in [0.5, 0.6) is 0 Å². The Morgan fingerprint density at radius 2 is 0.950 bits per heavy atom. The number of unbranched alkanes of at least 4 members (excludes halogenated alkanes) is 20. The standard InChI is InChI=1S/C46H81O13P/c1-3-5-7-9-11-13-15-17-18-19-20-21-23-24-26-28-30-32-34-39(47)56-36-38(37-57-60(54,55)59-46-44(52)42(50)41(49)43(51)45(46)53)58-40(48)35-33-31-29-27-25-22-16-14-12-10-8-6-4-2/h6,8,10,12,14,16,22,25,38,41-46,49-53H,3-5,7,9,11,13,15,17-21,23-24,26-37H2,1-2H3,(H,54,55)/b8-6+,12-10+,16-14+,25-22+/t38?,41?,42-,43?,44?,45?,46?/m0/s1. The molecule has 1 aliphatic rings. The van der Waals surface area contributed by atoms with Gasteiger partial charge in [-0.2, -0.15) is 0 Å². The van der Waals surface area contributed by atoms with Crippen LogP contribution in [0.2, 0.25) is 0 Å². The van der Waals surface area contributed by atoms with Crippen LogP contribution in [0, 0.1) is 0 Å². The van der Waals surface area contributed by atoms with Crippen LogP contribution in [0.4, 0.5) is 0 Å². The minimum absolute atomic E-state index is 0.0509. The number of esters is 2. The maximum Gasteiger partial charge on any atom is 0.472 e. The van der Waals surface area contributed by atoms with Gasteiger partial charge in [-0.1, -0.05) is 178 Å². The summed E-state index contributed by atoms with van der Waals surface area (Å²) < 4.78 is 33.5. The molecule has 14 heteroatoms. The van der Waals surface area contributed by atoms with Crippen LogP contribution in [0.15, 0.2) is 48.6 Å². The van der Waals surface area contributed by atoms with Gasteiger partial charge in [-0.25, -0.2) is 4.57 Å². The highest BCUT2D eigenvalue weighted by atomic mass is 31.2. The third-order valence-corrected chi connectivity index (χ3v) is 11.5. The lowest BCUT2D eigenvalue weighted by Gasteiger charge is -2.41. The normalized spacial score (nSPS) is 22.6. The van der Waals surface area contributed by atoms with E-state index in [4.69, 9.17) is 18.5 Å². The molecule has 0 heterocycles. The van der Waals surface area contributed by atoms with Crippen LogP contribution in [-0.4, -0.2) is 98.3 Å². The topological polar surface area (TPSA) is 210 Å². The molecule has 0 aromatic carbocycles. The molecule has 1 saturated carbocycles. The molecular formula is C46H81O13P. The van der Waals surface area contributed by atoms with Crippen molar-refractivity contribution in [3.63, 3.8) is 0 Å². The summed E-state index contributed by atoms with van der Waals surface area (Å²) in [5.41, 5.74) is 0. The second kappa shape index (κ2) is 36.3. The van der Waals surface area contributed by atoms with Gasteiger partial charge in [-0.05, 0) is 32.1 Å². The Balaban J connectivity index is 2.45. The Bertz CT molecular complexity index is 1240. The van der Waals surface area contributed by atoms with Gasteiger partial charge in [0.25, 0.3) is 0 Å². The predicted molar refractivity (Wildman–Crippen MR) is 235 cm³/mol. The average Bonchev–Trinajstić information content (AvgIpc) is 3.23. The summed E-state index contributed by atoms with van der Waals surface area (Å²) in [4.78, 5) is 35.6. The highest BCUT2D eigenvalue weighted by Gasteiger charge is 2.51. The van der Waals surface area contributed by atoms with Crippen molar-refractivity contribution in [2.75, 3.05) is 13.2 Å². The number of phosphoric acid groups is 1. The summed E-state index contributed by atoms with van der Waals surface area (Å²) in [5, 5.41) is 50.1. The van der Waals surface area contributed by atoms with Crippen LogP contribution in [0.25, 0.3) is 0 Å². The molecule has 0 aromatic heterocycles. The smallest absolute Gasteiger partial charge is 0.462 e. The van der Waals surface area contributed by atoms with Crippen LogP contribution in [-0.2, 0) is 32.7 Å². The quantitative estimate of drug-likeness (QED) is 0.0149. The fourth-order valence-electron chi connectivity index (χ4n) is 6.83. The molecule has 1 rings (SSSR count). The molecule has 0 bridgehead atoms. The first-order valence-electron chi connectivity index (χ1n) is 23.0. The van der Waals surface area contributed by atoms with Crippen molar-refractivity contribution in [1.29, 1.82) is 0 Å². The molecule has 0 saturated heterocycles. The Morgan fingerprint density at radius 3 is 1.45 bits per heavy atom. The Kier molecular flexibility index (Phi) is 33.8. The van der Waals surface area contributed by atoms with E-state index in [1.807, 2.05) is 42.5 Å². The van der Waals surface area contributed by atoms with Gasteiger partial charge in [-0.3, -0.25) is 18.6 Å². The second-order valence-corrected chi connectivity index (χ2v) is 17.4. The molecular weight excluding hydrogens is 791 g/mol. The maximum atomic E-state index is 12.8. The summed E-state index contributed by atoms with van der Waals surface area (Å²) in [7, 11) is -5.13. The number of aliphatic hydroxyl groups is 5. The molecule has 6 N–H and O–H groups in total. The number of carbonyl (C=O) groups is 2. The van der Waals surface area contributed by atoms with Gasteiger partial charge in [0.15, 0.2) is 6.10 Å². The lowest BCUT2D eigenvalue weighted by molar-refractivity contribution is -0.220. The predicted octanol–water partition coefficient (Wildman–Crippen LogP) is 8.78. The Labute approximate surface area is 360 Å². The molecule has 13 nitrogen and oxygen atoms in total. The zero-order valence-electron chi connectivity index (χ0n) is 36.7. The van der Waals surface area contributed by atoms with E-state index in [2.05, 4.69) is 19.9 Å². The molecule has 0 amide bonds. The zero-order valence-corrected chi connectivity index (χ0v) is 37.6. The number of rotatable bonds is 37. The van der Waals surface area contributed by atoms with Crippen molar-refractivity contribution < 1.29 is 63.1 Å². The van der Waals surface area contributed by atoms with Crippen molar-refractivity contribution in [3.8, 4) is 0 Å². The van der Waals surface area contributed by atoms with E-state index < -0.39 is 75.7 Å². The molecule has 1 fully saturated rings. The third kappa shape index (κ3) is 28.4. The summed E-state index contributed by atoms with van der Waals surface area (Å²) in [5.74, 6) is -1.14. The fourth-order valence-corrected chi connectivity index (χ4v) is 7.80. The van der Waals surface area contributed by atoms with E-state index in [-0.39, 0.29) is 12.8 Å². The number of hydrogen-bond acceptors (Lipinski definition) is 12. The Morgan fingerprint density at radius 1 is 0.533 bits per heavy atom. The molecule has 7 unspecified atom stereocenters. The van der Waals surface area contributed by atoms with Gasteiger partial charge in [0, 0.05) is 12.8 Å². The van der Waals surface area contributed by atoms with Crippen molar-refractivity contribution in [2.24, 2.45) is 0 Å². The SMILES string of the molecule is CC/C=C/C=C/C=C/C=C/CCCCCC(=O)OC(COC(=O)CCCCCCCCCCCCCCCCCCCC)COP(=O)(O)OC1C(O)C(O)C(O)[C@H](O)C1O. The molecule has 60 heavy (non-hydrogen) atoms. The Hall–Kier alpha value is -2.19. The average molecular weight is 873 g/mol. The highest BCUT2D eigenvalue weighted by Crippen LogP contribution is 2.47. The van der Waals surface area contributed by atoms with Crippen LogP contribution < -0.4 is 0 Å². The lowest BCUT2D eigenvalue weighted by Crippen LogP contribution is -2.64. The van der Waals surface area contributed by atoms with Crippen LogP contribution in [0.1, 0.15) is 174 Å². The van der Waals surface area contributed by atoms with Crippen LogP contribution in [0.3, 0.4) is 0 Å². The monoisotopic (exact) mass is 873 g/mol. The molecule has 0 radical (unpaired) electrons.